The minimum absolute atomic E-state index is 0.0258. The van der Waals surface area contributed by atoms with Crippen LogP contribution in [-0.4, -0.2) is 63.1 Å². The summed E-state index contributed by atoms with van der Waals surface area (Å²) in [5.74, 6) is -1.55. The summed E-state index contributed by atoms with van der Waals surface area (Å²) in [5, 5.41) is 14.3. The molecule has 43 heavy (non-hydrogen) atoms. The molecular weight excluding hydrogens is 560 g/mol. The molecule has 1 aromatic rings. The van der Waals surface area contributed by atoms with Crippen molar-refractivity contribution in [3.8, 4) is 0 Å². The SMILES string of the molecule is CC(C)(C)OC(=O)NC1(C(=O)O)CCC(=O)CC1.CC(C)(C)OC(=O)NC1(C(=O)OCc2ccccc2)CCC(=O)CC1. The molecule has 12 heteroatoms. The highest BCUT2D eigenvalue weighted by Gasteiger charge is 2.46. The van der Waals surface area contributed by atoms with Gasteiger partial charge < -0.3 is 30.0 Å². The largest absolute Gasteiger partial charge is 0.480 e. The first-order valence-electron chi connectivity index (χ1n) is 14.4. The van der Waals surface area contributed by atoms with Crippen molar-refractivity contribution < 1.29 is 48.1 Å². The van der Waals surface area contributed by atoms with Crippen molar-refractivity contribution in [2.75, 3.05) is 0 Å². The van der Waals surface area contributed by atoms with E-state index in [1.54, 1.807) is 41.5 Å². The monoisotopic (exact) mass is 604 g/mol. The molecule has 0 atom stereocenters. The van der Waals surface area contributed by atoms with Crippen LogP contribution in [0.4, 0.5) is 9.59 Å². The molecule has 3 rings (SSSR count). The number of carbonyl (C=O) groups is 6. The van der Waals surface area contributed by atoms with Crippen LogP contribution in [0.1, 0.15) is 98.5 Å². The molecule has 1 aromatic carbocycles. The van der Waals surface area contributed by atoms with Gasteiger partial charge in [0.2, 0.25) is 0 Å². The zero-order valence-electron chi connectivity index (χ0n) is 25.9. The van der Waals surface area contributed by atoms with Crippen molar-refractivity contribution >= 4 is 35.7 Å². The van der Waals surface area contributed by atoms with E-state index in [1.807, 2.05) is 30.3 Å². The minimum atomic E-state index is -1.38. The van der Waals surface area contributed by atoms with Crippen LogP contribution in [0.2, 0.25) is 0 Å². The first-order chi connectivity index (χ1) is 19.8. The molecule has 0 aromatic heterocycles. The molecule has 0 radical (unpaired) electrons. The maximum absolute atomic E-state index is 12.7. The number of rotatable bonds is 6. The Labute approximate surface area is 252 Å². The highest BCUT2D eigenvalue weighted by molar-refractivity contribution is 5.90. The number of nitrogens with one attached hydrogen (secondary N) is 2. The quantitative estimate of drug-likeness (QED) is 0.307. The molecule has 2 aliphatic rings. The predicted octanol–water partition coefficient (Wildman–Crippen LogP) is 4.61. The summed E-state index contributed by atoms with van der Waals surface area (Å²) in [7, 11) is 0. The molecule has 2 amide bonds. The van der Waals surface area contributed by atoms with E-state index in [0.29, 0.717) is 0 Å². The number of ether oxygens (including phenoxy) is 3. The summed E-state index contributed by atoms with van der Waals surface area (Å²) in [4.78, 5) is 70.5. The summed E-state index contributed by atoms with van der Waals surface area (Å²) in [6.07, 6.45) is 0.0206. The van der Waals surface area contributed by atoms with Crippen molar-refractivity contribution in [1.29, 1.82) is 0 Å². The van der Waals surface area contributed by atoms with Crippen molar-refractivity contribution in [2.24, 2.45) is 0 Å². The Morgan fingerprint density at radius 2 is 1.12 bits per heavy atom. The van der Waals surface area contributed by atoms with Gasteiger partial charge in [-0.2, -0.15) is 0 Å². The summed E-state index contributed by atoms with van der Waals surface area (Å²) in [6, 6.07) is 9.30. The number of esters is 1. The van der Waals surface area contributed by atoms with E-state index in [9.17, 15) is 33.9 Å². The van der Waals surface area contributed by atoms with Gasteiger partial charge in [-0.15, -0.1) is 0 Å². The summed E-state index contributed by atoms with van der Waals surface area (Å²) in [6.45, 7) is 10.5. The molecule has 0 heterocycles. The van der Waals surface area contributed by atoms with Crippen LogP contribution < -0.4 is 10.6 Å². The molecule has 0 aliphatic heterocycles. The van der Waals surface area contributed by atoms with E-state index in [4.69, 9.17) is 14.2 Å². The van der Waals surface area contributed by atoms with Gasteiger partial charge in [-0.05, 0) is 72.8 Å². The van der Waals surface area contributed by atoms with Gasteiger partial charge in [-0.3, -0.25) is 9.59 Å². The van der Waals surface area contributed by atoms with Crippen LogP contribution in [-0.2, 0) is 40.0 Å². The van der Waals surface area contributed by atoms with E-state index in [0.717, 1.165) is 5.56 Å². The average Bonchev–Trinajstić information content (AvgIpc) is 2.89. The first-order valence-corrected chi connectivity index (χ1v) is 14.4. The third-order valence-electron chi connectivity index (χ3n) is 6.82. The molecule has 2 saturated carbocycles. The average molecular weight is 605 g/mol. The molecule has 3 N–H and O–H groups in total. The lowest BCUT2D eigenvalue weighted by Crippen LogP contribution is -2.58. The van der Waals surface area contributed by atoms with Gasteiger partial charge in [0.15, 0.2) is 0 Å². The smallest absolute Gasteiger partial charge is 0.408 e. The Kier molecular flexibility index (Phi) is 11.9. The maximum atomic E-state index is 12.7. The van der Waals surface area contributed by atoms with E-state index in [2.05, 4.69) is 10.6 Å². The Balaban J connectivity index is 0.000000317. The van der Waals surface area contributed by atoms with Crippen LogP contribution in [0.15, 0.2) is 30.3 Å². The van der Waals surface area contributed by atoms with Crippen molar-refractivity contribution in [3.63, 3.8) is 0 Å². The van der Waals surface area contributed by atoms with Crippen LogP contribution in [0.3, 0.4) is 0 Å². The molecule has 0 unspecified atom stereocenters. The molecule has 12 nitrogen and oxygen atoms in total. The third-order valence-corrected chi connectivity index (χ3v) is 6.82. The molecule has 0 saturated heterocycles. The molecule has 0 bridgehead atoms. The van der Waals surface area contributed by atoms with Gasteiger partial charge in [0, 0.05) is 25.7 Å². The van der Waals surface area contributed by atoms with Gasteiger partial charge >= 0.3 is 24.1 Å². The lowest BCUT2D eigenvalue weighted by molar-refractivity contribution is -0.155. The third kappa shape index (κ3) is 11.7. The minimum Gasteiger partial charge on any atom is -0.480 e. The number of amides is 2. The molecule has 238 valence electrons. The predicted molar refractivity (Wildman–Crippen MR) is 155 cm³/mol. The summed E-state index contributed by atoms with van der Waals surface area (Å²) in [5.41, 5.74) is -3.10. The van der Waals surface area contributed by atoms with Crippen LogP contribution in [0.25, 0.3) is 0 Å². The number of carboxylic acids is 1. The lowest BCUT2D eigenvalue weighted by Gasteiger charge is -2.35. The second kappa shape index (κ2) is 14.5. The fourth-order valence-corrected chi connectivity index (χ4v) is 4.54. The first kappa shape index (κ1) is 35.2. The number of hydrogen-bond acceptors (Lipinski definition) is 9. The Hall–Kier alpha value is -3.96. The summed E-state index contributed by atoms with van der Waals surface area (Å²) >= 11 is 0. The number of carbonyl (C=O) groups excluding carboxylic acids is 5. The lowest BCUT2D eigenvalue weighted by atomic mass is 9.81. The van der Waals surface area contributed by atoms with Crippen LogP contribution in [0.5, 0.6) is 0 Å². The maximum Gasteiger partial charge on any atom is 0.408 e. The summed E-state index contributed by atoms with van der Waals surface area (Å²) < 4.78 is 15.7. The Morgan fingerprint density at radius 1 is 0.721 bits per heavy atom. The zero-order chi connectivity index (χ0) is 32.5. The Bertz CT molecular complexity index is 1160. The fourth-order valence-electron chi connectivity index (χ4n) is 4.54. The number of ketones is 2. The van der Waals surface area contributed by atoms with Crippen molar-refractivity contribution in [1.82, 2.24) is 10.6 Å². The van der Waals surface area contributed by atoms with E-state index < -0.39 is 46.4 Å². The van der Waals surface area contributed by atoms with E-state index in [-0.39, 0.29) is 69.5 Å². The number of hydrogen-bond donors (Lipinski definition) is 3. The van der Waals surface area contributed by atoms with Crippen molar-refractivity contribution in [2.45, 2.75) is 122 Å². The second-order valence-electron chi connectivity index (χ2n) is 12.9. The second-order valence-corrected chi connectivity index (χ2v) is 12.9. The fraction of sp³-hybridized carbons (Fsp3) is 0.613. The van der Waals surface area contributed by atoms with Crippen molar-refractivity contribution in [3.05, 3.63) is 35.9 Å². The van der Waals surface area contributed by atoms with E-state index in [1.165, 1.54) is 0 Å². The topological polar surface area (TPSA) is 174 Å². The van der Waals surface area contributed by atoms with Gasteiger partial charge in [-0.1, -0.05) is 30.3 Å². The zero-order valence-corrected chi connectivity index (χ0v) is 25.9. The van der Waals surface area contributed by atoms with Gasteiger partial charge in [0.05, 0.1) is 0 Å². The van der Waals surface area contributed by atoms with Gasteiger partial charge in [0.25, 0.3) is 0 Å². The highest BCUT2D eigenvalue weighted by Crippen LogP contribution is 2.29. The standard InChI is InChI=1S/C19H25NO5.C12H19NO5/c1-18(2,3)25-17(23)20-19(11-9-15(21)10-12-19)16(22)24-13-14-7-5-4-6-8-14;1-11(2,3)18-10(17)13-12(9(15)16)6-4-8(14)5-7-12/h4-8H,9-13H2,1-3H3,(H,20,23);4-7H2,1-3H3,(H,13,17)(H,15,16). The number of alkyl carbamates (subject to hydrolysis) is 2. The highest BCUT2D eigenvalue weighted by atomic mass is 16.6. The molecule has 2 fully saturated rings. The normalized spacial score (nSPS) is 17.8. The number of Topliss-reactive ketones (excluding diaryl/α,β-unsaturated/α-hetero) is 2. The number of aliphatic carboxylic acids is 1. The van der Waals surface area contributed by atoms with Gasteiger partial charge in [-0.25, -0.2) is 19.2 Å². The van der Waals surface area contributed by atoms with Gasteiger partial charge in [0.1, 0.15) is 40.5 Å². The molecule has 0 spiro atoms. The number of benzene rings is 1. The van der Waals surface area contributed by atoms with Crippen LogP contribution in [0, 0.1) is 0 Å². The van der Waals surface area contributed by atoms with Crippen LogP contribution >= 0.6 is 0 Å². The van der Waals surface area contributed by atoms with E-state index >= 15 is 0 Å². The molecular formula is C31H44N2O10. The Morgan fingerprint density at radius 3 is 1.51 bits per heavy atom. The number of carboxylic acid groups (broad SMARTS) is 1. The molecule has 2 aliphatic carbocycles.